The van der Waals surface area contributed by atoms with Crippen LogP contribution in [0.4, 0.5) is 0 Å². The van der Waals surface area contributed by atoms with Crippen molar-refractivity contribution in [3.63, 3.8) is 0 Å². The van der Waals surface area contributed by atoms with Crippen molar-refractivity contribution in [1.29, 1.82) is 0 Å². The average Bonchev–Trinajstić information content (AvgIpc) is 2.48. The molecule has 0 unspecified atom stereocenters. The van der Waals surface area contributed by atoms with Gasteiger partial charge in [0.1, 0.15) is 17.9 Å². The number of rotatable bonds is 6. The highest BCUT2D eigenvalue weighted by atomic mass is 16.5. The molecule has 1 aliphatic carbocycles. The standard InChI is InChI=1S/C16H26N2O5/c1-9(2)13(17-10(3)19)15(21)18-14(16(22)23-4)11-6-5-7-12(20)8-11/h9,11,13-14H,5-8H2,1-4H3,(H,17,19)(H,18,21)/t11-,13-,14+/m1/s1. The molecule has 2 N–H and O–H groups in total. The summed E-state index contributed by atoms with van der Waals surface area (Å²) >= 11 is 0. The summed E-state index contributed by atoms with van der Waals surface area (Å²) in [5, 5.41) is 5.25. The van der Waals surface area contributed by atoms with Crippen LogP contribution in [0, 0.1) is 11.8 Å². The molecule has 7 heteroatoms. The molecule has 0 bridgehead atoms. The van der Waals surface area contributed by atoms with E-state index < -0.39 is 24.0 Å². The van der Waals surface area contributed by atoms with E-state index in [1.165, 1.54) is 14.0 Å². The van der Waals surface area contributed by atoms with E-state index >= 15 is 0 Å². The quantitative estimate of drug-likeness (QED) is 0.695. The number of carbonyl (C=O) groups is 4. The van der Waals surface area contributed by atoms with E-state index in [2.05, 4.69) is 10.6 Å². The van der Waals surface area contributed by atoms with Gasteiger partial charge in [0, 0.05) is 19.8 Å². The van der Waals surface area contributed by atoms with Gasteiger partial charge in [-0.25, -0.2) is 4.79 Å². The van der Waals surface area contributed by atoms with Gasteiger partial charge >= 0.3 is 5.97 Å². The van der Waals surface area contributed by atoms with Gasteiger partial charge in [-0.3, -0.25) is 14.4 Å². The van der Waals surface area contributed by atoms with E-state index in [1.54, 1.807) is 13.8 Å². The van der Waals surface area contributed by atoms with Crippen molar-refractivity contribution in [2.75, 3.05) is 7.11 Å². The highest BCUT2D eigenvalue weighted by Gasteiger charge is 2.36. The lowest BCUT2D eigenvalue weighted by Gasteiger charge is -2.30. The monoisotopic (exact) mass is 326 g/mol. The van der Waals surface area contributed by atoms with Crippen molar-refractivity contribution in [1.82, 2.24) is 10.6 Å². The molecule has 0 heterocycles. The molecule has 0 spiro atoms. The largest absolute Gasteiger partial charge is 0.467 e. The fourth-order valence-corrected chi connectivity index (χ4v) is 2.84. The molecular formula is C16H26N2O5. The van der Waals surface area contributed by atoms with Crippen LogP contribution in [0.25, 0.3) is 0 Å². The van der Waals surface area contributed by atoms with Crippen molar-refractivity contribution in [3.05, 3.63) is 0 Å². The van der Waals surface area contributed by atoms with Gasteiger partial charge in [-0.1, -0.05) is 13.8 Å². The fourth-order valence-electron chi connectivity index (χ4n) is 2.84. The van der Waals surface area contributed by atoms with Crippen LogP contribution in [0.3, 0.4) is 0 Å². The smallest absolute Gasteiger partial charge is 0.328 e. The van der Waals surface area contributed by atoms with Gasteiger partial charge in [0.2, 0.25) is 11.8 Å². The number of carbonyl (C=O) groups excluding carboxylic acids is 4. The molecule has 130 valence electrons. The number of hydrogen-bond acceptors (Lipinski definition) is 5. The molecule has 0 saturated heterocycles. The van der Waals surface area contributed by atoms with E-state index in [-0.39, 0.29) is 29.9 Å². The lowest BCUT2D eigenvalue weighted by atomic mass is 9.83. The minimum atomic E-state index is -0.869. The van der Waals surface area contributed by atoms with Crippen LogP contribution >= 0.6 is 0 Å². The zero-order valence-electron chi connectivity index (χ0n) is 14.2. The molecule has 2 amide bonds. The Hall–Kier alpha value is -1.92. The summed E-state index contributed by atoms with van der Waals surface area (Å²) in [7, 11) is 1.25. The second kappa shape index (κ2) is 8.64. The predicted molar refractivity (Wildman–Crippen MR) is 83.4 cm³/mol. The number of amides is 2. The molecule has 1 saturated carbocycles. The van der Waals surface area contributed by atoms with Crippen molar-refractivity contribution < 1.29 is 23.9 Å². The van der Waals surface area contributed by atoms with Gasteiger partial charge in [-0.2, -0.15) is 0 Å². The van der Waals surface area contributed by atoms with Gasteiger partial charge in [0.25, 0.3) is 0 Å². The molecule has 3 atom stereocenters. The summed E-state index contributed by atoms with van der Waals surface area (Å²) in [6.45, 7) is 4.94. The van der Waals surface area contributed by atoms with Crippen molar-refractivity contribution >= 4 is 23.6 Å². The molecule has 0 radical (unpaired) electrons. The molecule has 0 aromatic carbocycles. The Balaban J connectivity index is 2.86. The first-order valence-electron chi connectivity index (χ1n) is 7.93. The van der Waals surface area contributed by atoms with Gasteiger partial charge in [-0.15, -0.1) is 0 Å². The highest BCUT2D eigenvalue weighted by Crippen LogP contribution is 2.25. The maximum Gasteiger partial charge on any atom is 0.328 e. The Morgan fingerprint density at radius 3 is 2.35 bits per heavy atom. The second-order valence-corrected chi connectivity index (χ2v) is 6.33. The maximum absolute atomic E-state index is 12.5. The maximum atomic E-state index is 12.5. The van der Waals surface area contributed by atoms with Gasteiger partial charge in [-0.05, 0) is 24.7 Å². The van der Waals surface area contributed by atoms with Gasteiger partial charge < -0.3 is 15.4 Å². The number of ether oxygens (including phenoxy) is 1. The van der Waals surface area contributed by atoms with E-state index in [4.69, 9.17) is 4.74 Å². The second-order valence-electron chi connectivity index (χ2n) is 6.33. The molecule has 7 nitrogen and oxygen atoms in total. The SMILES string of the molecule is COC(=O)[C@@H](NC(=O)[C@H](NC(C)=O)C(C)C)[C@@H]1CCCC(=O)C1. The Labute approximate surface area is 136 Å². The molecule has 1 aliphatic rings. The third-order valence-corrected chi connectivity index (χ3v) is 4.05. The molecule has 1 rings (SSSR count). The fraction of sp³-hybridized carbons (Fsp3) is 0.750. The van der Waals surface area contributed by atoms with Gasteiger partial charge in [0.05, 0.1) is 7.11 Å². The van der Waals surface area contributed by atoms with Crippen LogP contribution in [0.1, 0.15) is 46.5 Å². The molecule has 0 aliphatic heterocycles. The summed E-state index contributed by atoms with van der Waals surface area (Å²) < 4.78 is 4.77. The topological polar surface area (TPSA) is 102 Å². The lowest BCUT2D eigenvalue weighted by molar-refractivity contribution is -0.148. The third-order valence-electron chi connectivity index (χ3n) is 4.05. The van der Waals surface area contributed by atoms with Crippen molar-refractivity contribution in [3.8, 4) is 0 Å². The normalized spacial score (nSPS) is 20.6. The van der Waals surface area contributed by atoms with Gasteiger partial charge in [0.15, 0.2) is 0 Å². The van der Waals surface area contributed by atoms with Crippen molar-refractivity contribution in [2.45, 2.75) is 58.5 Å². The summed E-state index contributed by atoms with van der Waals surface area (Å²) in [6, 6.07) is -1.61. The van der Waals surface area contributed by atoms with Crippen molar-refractivity contribution in [2.24, 2.45) is 11.8 Å². The number of ketones is 1. The first kappa shape index (κ1) is 19.1. The lowest BCUT2D eigenvalue weighted by Crippen LogP contribution is -2.55. The number of Topliss-reactive ketones (excluding diaryl/α,β-unsaturated/α-hetero) is 1. The van der Waals surface area contributed by atoms with E-state index in [9.17, 15) is 19.2 Å². The highest BCUT2D eigenvalue weighted by molar-refractivity contribution is 5.91. The van der Waals surface area contributed by atoms with Crippen LogP contribution in [-0.2, 0) is 23.9 Å². The minimum absolute atomic E-state index is 0.0895. The summed E-state index contributed by atoms with van der Waals surface area (Å²) in [5.41, 5.74) is 0. The first-order chi connectivity index (χ1) is 10.8. The molecule has 23 heavy (non-hydrogen) atoms. The number of methoxy groups -OCH3 is 1. The number of nitrogens with one attached hydrogen (secondary N) is 2. The Kier molecular flexibility index (Phi) is 7.19. The minimum Gasteiger partial charge on any atom is -0.467 e. The Morgan fingerprint density at radius 2 is 1.87 bits per heavy atom. The van der Waals surface area contributed by atoms with E-state index in [0.29, 0.717) is 19.3 Å². The molecule has 0 aromatic rings. The zero-order chi connectivity index (χ0) is 17.6. The van der Waals surface area contributed by atoms with E-state index in [0.717, 1.165) is 0 Å². The van der Waals surface area contributed by atoms with Crippen LogP contribution < -0.4 is 10.6 Å². The van der Waals surface area contributed by atoms with Crippen LogP contribution in [0.2, 0.25) is 0 Å². The van der Waals surface area contributed by atoms with Crippen LogP contribution in [-0.4, -0.2) is 42.8 Å². The molecular weight excluding hydrogens is 300 g/mol. The summed E-state index contributed by atoms with van der Waals surface area (Å²) in [5.74, 6) is -1.64. The Bertz CT molecular complexity index is 475. The zero-order valence-corrected chi connectivity index (χ0v) is 14.2. The first-order valence-corrected chi connectivity index (χ1v) is 7.93. The average molecular weight is 326 g/mol. The summed E-state index contributed by atoms with van der Waals surface area (Å²) in [4.78, 5) is 47.4. The Morgan fingerprint density at radius 1 is 1.22 bits per heavy atom. The molecule has 0 aromatic heterocycles. The molecule has 1 fully saturated rings. The van der Waals surface area contributed by atoms with E-state index in [1.807, 2.05) is 0 Å². The summed E-state index contributed by atoms with van der Waals surface area (Å²) in [6.07, 6.45) is 2.15. The van der Waals surface area contributed by atoms with Crippen LogP contribution in [0.5, 0.6) is 0 Å². The number of hydrogen-bond donors (Lipinski definition) is 2. The predicted octanol–water partition coefficient (Wildman–Crippen LogP) is 0.564. The number of esters is 1. The van der Waals surface area contributed by atoms with Crippen LogP contribution in [0.15, 0.2) is 0 Å². The third kappa shape index (κ3) is 5.65.